The molecule has 0 N–H and O–H groups in total. The molecule has 0 bridgehead atoms. The van der Waals surface area contributed by atoms with Crippen molar-refractivity contribution >= 4 is 0 Å². The van der Waals surface area contributed by atoms with Gasteiger partial charge in [0.15, 0.2) is 0 Å². The van der Waals surface area contributed by atoms with Crippen LogP contribution in [0.5, 0.6) is 0 Å². The highest BCUT2D eigenvalue weighted by molar-refractivity contribution is 4.90. The van der Waals surface area contributed by atoms with Gasteiger partial charge in [-0.05, 0) is 38.6 Å². The van der Waals surface area contributed by atoms with Gasteiger partial charge in [-0.25, -0.2) is 0 Å². The summed E-state index contributed by atoms with van der Waals surface area (Å²) >= 11 is 0. The fourth-order valence-electron chi connectivity index (χ4n) is 3.91. The van der Waals surface area contributed by atoms with Crippen LogP contribution in [0.2, 0.25) is 0 Å². The zero-order chi connectivity index (χ0) is 15.6. The summed E-state index contributed by atoms with van der Waals surface area (Å²) < 4.78 is 0. The molecule has 0 aromatic carbocycles. The van der Waals surface area contributed by atoms with Gasteiger partial charge in [0, 0.05) is 12.1 Å². The molecule has 0 spiro atoms. The summed E-state index contributed by atoms with van der Waals surface area (Å²) in [5, 5.41) is 0. The average Bonchev–Trinajstić information content (AvgIpc) is 2.91. The van der Waals surface area contributed by atoms with Crippen LogP contribution >= 0.6 is 0 Å². The Bertz CT molecular complexity index is 250. The van der Waals surface area contributed by atoms with Crippen LogP contribution in [0.1, 0.15) is 105 Å². The summed E-state index contributed by atoms with van der Waals surface area (Å²) in [5.74, 6) is 0.917. The van der Waals surface area contributed by atoms with Crippen molar-refractivity contribution in [1.29, 1.82) is 0 Å². The van der Waals surface area contributed by atoms with Gasteiger partial charge in [0.1, 0.15) is 0 Å². The van der Waals surface area contributed by atoms with Crippen molar-refractivity contribution in [2.45, 2.75) is 110 Å². The fraction of sp³-hybridized carbons (Fsp3) is 1.00. The lowest BCUT2D eigenvalue weighted by molar-refractivity contribution is 0.103. The molecule has 1 heteroatoms. The van der Waals surface area contributed by atoms with Gasteiger partial charge < -0.3 is 0 Å². The molecule has 126 valence electrons. The zero-order valence-electron chi connectivity index (χ0n) is 15.4. The number of hydrogen-bond donors (Lipinski definition) is 0. The monoisotopic (exact) mass is 295 g/mol. The van der Waals surface area contributed by atoms with E-state index in [1.165, 1.54) is 90.1 Å². The number of unbranched alkanes of at least 4 members (excludes halogenated alkanes) is 7. The molecule has 1 heterocycles. The topological polar surface area (TPSA) is 3.24 Å². The maximum Gasteiger partial charge on any atom is 0.0181 e. The second-order valence-corrected chi connectivity index (χ2v) is 7.81. The van der Waals surface area contributed by atoms with Crippen molar-refractivity contribution in [3.05, 3.63) is 0 Å². The maximum absolute atomic E-state index is 2.84. The molecule has 0 aromatic rings. The predicted octanol–water partition coefficient (Wildman–Crippen LogP) is 6.42. The Kier molecular flexibility index (Phi) is 9.64. The van der Waals surface area contributed by atoms with E-state index >= 15 is 0 Å². The molecule has 0 aromatic heterocycles. The first kappa shape index (κ1) is 19.0. The number of nitrogens with zero attached hydrogens (tertiary/aromatic N) is 1. The summed E-state index contributed by atoms with van der Waals surface area (Å²) in [6.07, 6.45) is 17.0. The Labute approximate surface area is 134 Å². The molecule has 2 unspecified atom stereocenters. The highest BCUT2D eigenvalue weighted by Crippen LogP contribution is 2.33. The van der Waals surface area contributed by atoms with E-state index in [0.29, 0.717) is 5.54 Å². The average molecular weight is 296 g/mol. The minimum Gasteiger partial charge on any atom is -0.298 e. The normalized spacial score (nSPS) is 22.6. The van der Waals surface area contributed by atoms with Gasteiger partial charge in [-0.3, -0.25) is 4.90 Å². The Hall–Kier alpha value is -0.0400. The first-order valence-corrected chi connectivity index (χ1v) is 9.87. The lowest BCUT2D eigenvalue weighted by Crippen LogP contribution is -2.45. The SMILES string of the molecule is CCCCCCCC(C)(CCCCCC)N1CCC(C)C1. The van der Waals surface area contributed by atoms with Crippen LogP contribution in [-0.4, -0.2) is 23.5 Å². The second-order valence-electron chi connectivity index (χ2n) is 7.81. The van der Waals surface area contributed by atoms with Crippen LogP contribution in [0.25, 0.3) is 0 Å². The van der Waals surface area contributed by atoms with Gasteiger partial charge in [-0.1, -0.05) is 78.6 Å². The second kappa shape index (κ2) is 10.6. The van der Waals surface area contributed by atoms with Gasteiger partial charge in [-0.15, -0.1) is 0 Å². The van der Waals surface area contributed by atoms with Gasteiger partial charge in [0.2, 0.25) is 0 Å². The molecule has 21 heavy (non-hydrogen) atoms. The molecule has 1 nitrogen and oxygen atoms in total. The molecule has 0 amide bonds. The van der Waals surface area contributed by atoms with Crippen LogP contribution < -0.4 is 0 Å². The number of hydrogen-bond acceptors (Lipinski definition) is 1. The van der Waals surface area contributed by atoms with E-state index in [1.54, 1.807) is 0 Å². The lowest BCUT2D eigenvalue weighted by Gasteiger charge is -2.40. The Balaban J connectivity index is 2.40. The van der Waals surface area contributed by atoms with Crippen molar-refractivity contribution in [2.75, 3.05) is 13.1 Å². The summed E-state index contributed by atoms with van der Waals surface area (Å²) in [4.78, 5) is 2.84. The van der Waals surface area contributed by atoms with E-state index in [0.717, 1.165) is 5.92 Å². The highest BCUT2D eigenvalue weighted by Gasteiger charge is 2.34. The highest BCUT2D eigenvalue weighted by atomic mass is 15.2. The molecule has 2 atom stereocenters. The van der Waals surface area contributed by atoms with Crippen LogP contribution in [-0.2, 0) is 0 Å². The molecule has 1 fully saturated rings. The largest absolute Gasteiger partial charge is 0.298 e. The van der Waals surface area contributed by atoms with E-state index < -0.39 is 0 Å². The zero-order valence-corrected chi connectivity index (χ0v) is 15.4. The van der Waals surface area contributed by atoms with Gasteiger partial charge in [0.05, 0.1) is 0 Å². The van der Waals surface area contributed by atoms with E-state index in [1.807, 2.05) is 0 Å². The quantitative estimate of drug-likeness (QED) is 0.376. The summed E-state index contributed by atoms with van der Waals surface area (Å²) in [5.41, 5.74) is 0.491. The van der Waals surface area contributed by atoms with Gasteiger partial charge in [-0.2, -0.15) is 0 Å². The molecule has 1 saturated heterocycles. The first-order valence-electron chi connectivity index (χ1n) is 9.87. The Morgan fingerprint density at radius 3 is 1.86 bits per heavy atom. The van der Waals surface area contributed by atoms with Crippen LogP contribution in [0, 0.1) is 5.92 Å². The van der Waals surface area contributed by atoms with E-state index in [2.05, 4.69) is 32.6 Å². The molecule has 0 aliphatic carbocycles. The maximum atomic E-state index is 2.84. The Morgan fingerprint density at radius 2 is 1.38 bits per heavy atom. The molecule has 1 aliphatic heterocycles. The number of likely N-dealkylation sites (tertiary alicyclic amines) is 1. The third-order valence-electron chi connectivity index (χ3n) is 5.58. The minimum atomic E-state index is 0.491. The minimum absolute atomic E-state index is 0.491. The third kappa shape index (κ3) is 7.17. The van der Waals surface area contributed by atoms with Gasteiger partial charge >= 0.3 is 0 Å². The summed E-state index contributed by atoms with van der Waals surface area (Å²) in [6.45, 7) is 12.3. The van der Waals surface area contributed by atoms with Crippen molar-refractivity contribution in [1.82, 2.24) is 4.90 Å². The van der Waals surface area contributed by atoms with Gasteiger partial charge in [0.25, 0.3) is 0 Å². The molecule has 1 aliphatic rings. The smallest absolute Gasteiger partial charge is 0.0181 e. The predicted molar refractivity (Wildman–Crippen MR) is 95.9 cm³/mol. The molecule has 1 rings (SSSR count). The molecular formula is C20H41N. The van der Waals surface area contributed by atoms with Crippen LogP contribution in [0.3, 0.4) is 0 Å². The van der Waals surface area contributed by atoms with Crippen molar-refractivity contribution in [2.24, 2.45) is 5.92 Å². The molecule has 0 saturated carbocycles. The van der Waals surface area contributed by atoms with E-state index in [9.17, 15) is 0 Å². The van der Waals surface area contributed by atoms with Crippen LogP contribution in [0.15, 0.2) is 0 Å². The fourth-order valence-corrected chi connectivity index (χ4v) is 3.91. The third-order valence-corrected chi connectivity index (χ3v) is 5.58. The van der Waals surface area contributed by atoms with Crippen molar-refractivity contribution in [3.8, 4) is 0 Å². The molecule has 0 radical (unpaired) electrons. The lowest BCUT2D eigenvalue weighted by atomic mass is 9.86. The van der Waals surface area contributed by atoms with E-state index in [4.69, 9.17) is 0 Å². The standard InChI is InChI=1S/C20H41N/c1-5-7-9-11-13-16-20(4,15-12-10-8-6-2)21-17-14-19(3)18-21/h19H,5-18H2,1-4H3. The first-order chi connectivity index (χ1) is 10.1. The van der Waals surface area contributed by atoms with E-state index in [-0.39, 0.29) is 0 Å². The summed E-state index contributed by atoms with van der Waals surface area (Å²) in [7, 11) is 0. The molecular weight excluding hydrogens is 254 g/mol. The summed E-state index contributed by atoms with van der Waals surface area (Å²) in [6, 6.07) is 0. The van der Waals surface area contributed by atoms with Crippen LogP contribution in [0.4, 0.5) is 0 Å². The number of rotatable bonds is 12. The van der Waals surface area contributed by atoms with Crippen molar-refractivity contribution in [3.63, 3.8) is 0 Å². The van der Waals surface area contributed by atoms with Crippen molar-refractivity contribution < 1.29 is 0 Å². The Morgan fingerprint density at radius 1 is 0.857 bits per heavy atom.